The van der Waals surface area contributed by atoms with Crippen molar-refractivity contribution in [1.82, 2.24) is 10.0 Å². The van der Waals surface area contributed by atoms with Gasteiger partial charge in [-0.2, -0.15) is 0 Å². The van der Waals surface area contributed by atoms with E-state index in [2.05, 4.69) is 10.0 Å². The fourth-order valence-corrected chi connectivity index (χ4v) is 4.28. The number of sulfonamides is 1. The van der Waals surface area contributed by atoms with Crippen molar-refractivity contribution in [2.24, 2.45) is 0 Å². The number of carbonyl (C=O) groups excluding carboxylic acids is 1. The molecule has 6 heteroatoms. The van der Waals surface area contributed by atoms with Crippen molar-refractivity contribution in [2.45, 2.75) is 43.0 Å². The van der Waals surface area contributed by atoms with E-state index < -0.39 is 10.0 Å². The number of hydrogen-bond acceptors (Lipinski definition) is 3. The van der Waals surface area contributed by atoms with Crippen molar-refractivity contribution >= 4 is 15.9 Å². The van der Waals surface area contributed by atoms with Gasteiger partial charge >= 0.3 is 0 Å². The Morgan fingerprint density at radius 1 is 1.00 bits per heavy atom. The second-order valence-corrected chi connectivity index (χ2v) is 8.38. The average Bonchev–Trinajstić information content (AvgIpc) is 3.15. The molecular weight excluding hydrogens is 348 g/mol. The third-order valence-electron chi connectivity index (χ3n) is 4.65. The molecule has 0 aliphatic heterocycles. The Morgan fingerprint density at radius 3 is 2.46 bits per heavy atom. The molecule has 2 N–H and O–H groups in total. The Labute approximate surface area is 154 Å². The van der Waals surface area contributed by atoms with Crippen molar-refractivity contribution in [1.29, 1.82) is 0 Å². The third kappa shape index (κ3) is 4.93. The van der Waals surface area contributed by atoms with Gasteiger partial charge in [-0.1, -0.05) is 49.2 Å². The van der Waals surface area contributed by atoms with Crippen LogP contribution in [0.4, 0.5) is 0 Å². The van der Waals surface area contributed by atoms with Crippen molar-refractivity contribution in [3.05, 3.63) is 65.7 Å². The molecule has 0 aromatic heterocycles. The van der Waals surface area contributed by atoms with Crippen LogP contribution in [0.5, 0.6) is 0 Å². The van der Waals surface area contributed by atoms with Gasteiger partial charge < -0.3 is 5.32 Å². The highest BCUT2D eigenvalue weighted by Crippen LogP contribution is 2.19. The largest absolute Gasteiger partial charge is 0.349 e. The zero-order chi connectivity index (χ0) is 18.4. The summed E-state index contributed by atoms with van der Waals surface area (Å²) < 4.78 is 27.6. The lowest BCUT2D eigenvalue weighted by Crippen LogP contribution is -2.33. The molecule has 0 radical (unpaired) electrons. The van der Waals surface area contributed by atoms with Gasteiger partial charge in [0, 0.05) is 18.2 Å². The van der Waals surface area contributed by atoms with Crippen LogP contribution in [0.2, 0.25) is 0 Å². The van der Waals surface area contributed by atoms with Gasteiger partial charge in [0.15, 0.2) is 0 Å². The molecule has 3 rings (SSSR count). The molecule has 0 unspecified atom stereocenters. The minimum absolute atomic E-state index is 0.115. The highest BCUT2D eigenvalue weighted by atomic mass is 32.2. The summed E-state index contributed by atoms with van der Waals surface area (Å²) in [5.74, 6) is -0.210. The topological polar surface area (TPSA) is 75.3 Å². The lowest BCUT2D eigenvalue weighted by molar-refractivity contribution is 0.0937. The van der Waals surface area contributed by atoms with E-state index in [1.165, 1.54) is 12.1 Å². The molecule has 2 aromatic carbocycles. The Kier molecular flexibility index (Phi) is 6.06. The van der Waals surface area contributed by atoms with E-state index >= 15 is 0 Å². The van der Waals surface area contributed by atoms with Crippen LogP contribution in [0.25, 0.3) is 0 Å². The van der Waals surface area contributed by atoms with E-state index in [0.29, 0.717) is 18.5 Å². The first kappa shape index (κ1) is 18.6. The van der Waals surface area contributed by atoms with E-state index in [4.69, 9.17) is 0 Å². The van der Waals surface area contributed by atoms with Crippen LogP contribution in [0.1, 0.15) is 41.6 Å². The molecule has 26 heavy (non-hydrogen) atoms. The van der Waals surface area contributed by atoms with Gasteiger partial charge in [-0.3, -0.25) is 4.79 Å². The average molecular weight is 372 g/mol. The molecule has 138 valence electrons. The Morgan fingerprint density at radius 2 is 1.73 bits per heavy atom. The Bertz CT molecular complexity index is 844. The molecule has 0 spiro atoms. The van der Waals surface area contributed by atoms with Crippen molar-refractivity contribution in [3.63, 3.8) is 0 Å². The van der Waals surface area contributed by atoms with Gasteiger partial charge in [-0.05, 0) is 43.0 Å². The summed E-state index contributed by atoms with van der Waals surface area (Å²) in [7, 11) is -3.64. The molecule has 0 atom stereocenters. The number of hydrogen-bond donors (Lipinski definition) is 2. The number of amides is 1. The number of rotatable bonds is 7. The smallest absolute Gasteiger partial charge is 0.251 e. The zero-order valence-electron chi connectivity index (χ0n) is 14.6. The summed E-state index contributed by atoms with van der Waals surface area (Å²) in [6, 6.07) is 16.1. The summed E-state index contributed by atoms with van der Waals surface area (Å²) in [6.07, 6.45) is 4.85. The Hall–Kier alpha value is -2.18. The van der Waals surface area contributed by atoms with Crippen LogP contribution in [0, 0.1) is 0 Å². The van der Waals surface area contributed by atoms with Gasteiger partial charge in [-0.15, -0.1) is 0 Å². The third-order valence-corrected chi connectivity index (χ3v) is 6.10. The first-order valence-electron chi connectivity index (χ1n) is 8.99. The maximum atomic E-state index is 12.5. The van der Waals surface area contributed by atoms with E-state index in [1.807, 2.05) is 30.3 Å². The predicted molar refractivity (Wildman–Crippen MR) is 101 cm³/mol. The second-order valence-electron chi connectivity index (χ2n) is 6.62. The molecule has 1 saturated carbocycles. The fourth-order valence-electron chi connectivity index (χ4n) is 3.20. The standard InChI is InChI=1S/C20H24N2O3S/c23-20(22-18-10-4-5-11-18)17-9-6-12-19(15-17)26(24,25)21-14-13-16-7-2-1-3-8-16/h1-3,6-9,12,15,18,21H,4-5,10-11,13-14H2,(H,22,23). The molecular formula is C20H24N2O3S. The molecule has 1 aliphatic carbocycles. The normalized spacial score (nSPS) is 15.1. The summed E-state index contributed by atoms with van der Waals surface area (Å²) in [5.41, 5.74) is 1.45. The monoisotopic (exact) mass is 372 g/mol. The van der Waals surface area contributed by atoms with Gasteiger partial charge in [-0.25, -0.2) is 13.1 Å². The molecule has 1 fully saturated rings. The minimum Gasteiger partial charge on any atom is -0.349 e. The molecule has 0 bridgehead atoms. The number of carbonyl (C=O) groups is 1. The van der Waals surface area contributed by atoms with E-state index in [0.717, 1.165) is 31.2 Å². The lowest BCUT2D eigenvalue weighted by atomic mass is 10.2. The molecule has 0 saturated heterocycles. The predicted octanol–water partition coefficient (Wildman–Crippen LogP) is 2.88. The fraction of sp³-hybridized carbons (Fsp3) is 0.350. The molecule has 1 amide bonds. The molecule has 1 aliphatic rings. The highest BCUT2D eigenvalue weighted by Gasteiger charge is 2.20. The summed E-state index contributed by atoms with van der Waals surface area (Å²) in [5, 5.41) is 2.98. The maximum absolute atomic E-state index is 12.5. The molecule has 5 nitrogen and oxygen atoms in total. The minimum atomic E-state index is -3.64. The van der Waals surface area contributed by atoms with Crippen molar-refractivity contribution in [3.8, 4) is 0 Å². The van der Waals surface area contributed by atoms with E-state index in [9.17, 15) is 13.2 Å². The van der Waals surface area contributed by atoms with Crippen LogP contribution in [0.3, 0.4) is 0 Å². The first-order valence-corrected chi connectivity index (χ1v) is 10.5. The lowest BCUT2D eigenvalue weighted by Gasteiger charge is -2.13. The first-order chi connectivity index (χ1) is 12.5. The van der Waals surface area contributed by atoms with Crippen molar-refractivity contribution < 1.29 is 13.2 Å². The van der Waals surface area contributed by atoms with Crippen LogP contribution in [-0.2, 0) is 16.4 Å². The van der Waals surface area contributed by atoms with Gasteiger partial charge in [0.2, 0.25) is 10.0 Å². The van der Waals surface area contributed by atoms with Gasteiger partial charge in [0.1, 0.15) is 0 Å². The van der Waals surface area contributed by atoms with Gasteiger partial charge in [0.25, 0.3) is 5.91 Å². The van der Waals surface area contributed by atoms with Crippen molar-refractivity contribution in [2.75, 3.05) is 6.54 Å². The second kappa shape index (κ2) is 8.47. The quantitative estimate of drug-likeness (QED) is 0.785. The van der Waals surface area contributed by atoms with Crippen LogP contribution >= 0.6 is 0 Å². The summed E-state index contributed by atoms with van der Waals surface area (Å²) in [6.45, 7) is 0.310. The SMILES string of the molecule is O=C(NC1CCCC1)c1cccc(S(=O)(=O)NCCc2ccccc2)c1. The van der Waals surface area contributed by atoms with Gasteiger partial charge in [0.05, 0.1) is 4.90 Å². The summed E-state index contributed by atoms with van der Waals surface area (Å²) >= 11 is 0. The van der Waals surface area contributed by atoms with Crippen LogP contribution < -0.4 is 10.0 Å². The van der Waals surface area contributed by atoms with Crippen LogP contribution in [0.15, 0.2) is 59.5 Å². The maximum Gasteiger partial charge on any atom is 0.251 e. The number of benzene rings is 2. The Balaban J connectivity index is 1.62. The summed E-state index contributed by atoms with van der Waals surface area (Å²) in [4.78, 5) is 12.5. The van der Waals surface area contributed by atoms with E-state index in [1.54, 1.807) is 12.1 Å². The highest BCUT2D eigenvalue weighted by molar-refractivity contribution is 7.89. The zero-order valence-corrected chi connectivity index (χ0v) is 15.5. The number of nitrogens with one attached hydrogen (secondary N) is 2. The molecule has 2 aromatic rings. The van der Waals surface area contributed by atoms with Crippen LogP contribution in [-0.4, -0.2) is 26.9 Å². The molecule has 0 heterocycles. The van der Waals surface area contributed by atoms with E-state index in [-0.39, 0.29) is 16.8 Å².